The first-order valence-corrected chi connectivity index (χ1v) is 6.16. The normalized spacial score (nSPS) is 11.4. The smallest absolute Gasteiger partial charge is 0.270 e. The van der Waals surface area contributed by atoms with Gasteiger partial charge in [0.1, 0.15) is 5.75 Å². The van der Waals surface area contributed by atoms with Crippen molar-refractivity contribution in [3.63, 3.8) is 0 Å². The van der Waals surface area contributed by atoms with Crippen molar-refractivity contribution < 1.29 is 15.1 Å². The maximum Gasteiger partial charge on any atom is 0.270 e. The van der Waals surface area contributed by atoms with Crippen LogP contribution in [-0.4, -0.2) is 42.6 Å². The van der Waals surface area contributed by atoms with Crippen LogP contribution in [0.4, 0.5) is 5.95 Å². The highest BCUT2D eigenvalue weighted by atomic mass is 16.4. The van der Waals surface area contributed by atoms with E-state index < -0.39 is 5.91 Å². The lowest BCUT2D eigenvalue weighted by atomic mass is 9.99. The number of oxime groups is 1. The molecule has 9 heteroatoms. The number of phenols is 1. The zero-order valence-electron chi connectivity index (χ0n) is 11.5. The topological polar surface area (TPSA) is 136 Å². The molecular formula is C12H14N6O3. The lowest BCUT2D eigenvalue weighted by molar-refractivity contribution is 0.102. The third-order valence-corrected chi connectivity index (χ3v) is 2.93. The number of aromatic hydroxyl groups is 1. The number of phenolic OH excluding ortho intramolecular Hbond substituents is 1. The zero-order valence-corrected chi connectivity index (χ0v) is 11.5. The van der Waals surface area contributed by atoms with E-state index in [-0.39, 0.29) is 28.5 Å². The quantitative estimate of drug-likeness (QED) is 0.375. The van der Waals surface area contributed by atoms with Crippen molar-refractivity contribution in [2.24, 2.45) is 5.16 Å². The molecular weight excluding hydrogens is 276 g/mol. The molecule has 0 unspecified atom stereocenters. The van der Waals surface area contributed by atoms with Crippen LogP contribution in [0.15, 0.2) is 17.3 Å². The lowest BCUT2D eigenvalue weighted by Gasteiger charge is -2.11. The van der Waals surface area contributed by atoms with Gasteiger partial charge in [0, 0.05) is 5.56 Å². The number of tetrazole rings is 1. The second-order valence-corrected chi connectivity index (χ2v) is 4.27. The lowest BCUT2D eigenvalue weighted by Crippen LogP contribution is -2.15. The van der Waals surface area contributed by atoms with E-state index in [9.17, 15) is 9.90 Å². The molecule has 0 saturated heterocycles. The molecule has 0 radical (unpaired) electrons. The van der Waals surface area contributed by atoms with Crippen LogP contribution in [0.25, 0.3) is 0 Å². The van der Waals surface area contributed by atoms with Crippen LogP contribution in [-0.2, 0) is 6.42 Å². The van der Waals surface area contributed by atoms with Crippen molar-refractivity contribution in [3.8, 4) is 5.75 Å². The van der Waals surface area contributed by atoms with Gasteiger partial charge in [-0.05, 0) is 36.3 Å². The summed E-state index contributed by atoms with van der Waals surface area (Å²) >= 11 is 0. The standard InChI is InChI=1S/C12H14N6O3/c1-3-7-4-8(6(2)16-21)10(19)9(5-7)11(20)13-12-14-17-18-15-12/h4-5,19,21H,3H2,1-2H3,(H2,13,14,15,17,18,20)/b16-6+. The Labute approximate surface area is 119 Å². The number of carbonyl (C=O) groups excluding carboxylic acids is 1. The number of nitrogens with one attached hydrogen (secondary N) is 2. The Kier molecular flexibility index (Phi) is 4.12. The Bertz CT molecular complexity index is 681. The van der Waals surface area contributed by atoms with Crippen molar-refractivity contribution >= 4 is 17.6 Å². The highest BCUT2D eigenvalue weighted by Crippen LogP contribution is 2.26. The summed E-state index contributed by atoms with van der Waals surface area (Å²) in [4.78, 5) is 12.2. The van der Waals surface area contributed by atoms with Gasteiger partial charge in [-0.15, -0.1) is 5.10 Å². The summed E-state index contributed by atoms with van der Waals surface area (Å²) in [6, 6.07) is 3.22. The minimum atomic E-state index is -0.587. The van der Waals surface area contributed by atoms with Crippen LogP contribution in [0, 0.1) is 0 Å². The SMILES string of the molecule is CCc1cc(C(=O)Nc2nn[nH]n2)c(O)c(/C(C)=N/O)c1. The van der Waals surface area contributed by atoms with Gasteiger partial charge in [-0.1, -0.05) is 17.2 Å². The van der Waals surface area contributed by atoms with Crippen molar-refractivity contribution in [1.82, 2.24) is 20.6 Å². The molecule has 1 aromatic carbocycles. The first-order chi connectivity index (χ1) is 10.1. The molecule has 0 aliphatic rings. The fourth-order valence-electron chi connectivity index (χ4n) is 1.78. The van der Waals surface area contributed by atoms with Gasteiger partial charge >= 0.3 is 0 Å². The van der Waals surface area contributed by atoms with Gasteiger partial charge in [-0.25, -0.2) is 0 Å². The molecule has 2 aromatic rings. The van der Waals surface area contributed by atoms with Gasteiger partial charge in [0.15, 0.2) is 0 Å². The van der Waals surface area contributed by atoms with Gasteiger partial charge in [0.05, 0.1) is 11.3 Å². The maximum absolute atomic E-state index is 12.2. The summed E-state index contributed by atoms with van der Waals surface area (Å²) in [6.07, 6.45) is 0.647. The minimum Gasteiger partial charge on any atom is -0.506 e. The third-order valence-electron chi connectivity index (χ3n) is 2.93. The Morgan fingerprint density at radius 2 is 2.14 bits per heavy atom. The summed E-state index contributed by atoms with van der Waals surface area (Å²) in [5.74, 6) is -0.866. The summed E-state index contributed by atoms with van der Waals surface area (Å²) in [5, 5.41) is 37.2. The first-order valence-electron chi connectivity index (χ1n) is 6.16. The Hall–Kier alpha value is -2.97. The predicted molar refractivity (Wildman–Crippen MR) is 73.6 cm³/mol. The zero-order chi connectivity index (χ0) is 15.4. The number of hydrogen-bond acceptors (Lipinski definition) is 7. The predicted octanol–water partition coefficient (Wildman–Crippen LogP) is 0.918. The van der Waals surface area contributed by atoms with Crippen LogP contribution >= 0.6 is 0 Å². The number of anilines is 1. The van der Waals surface area contributed by atoms with E-state index in [1.807, 2.05) is 6.92 Å². The second kappa shape index (κ2) is 5.99. The number of H-pyrrole nitrogens is 1. The number of rotatable bonds is 4. The number of benzene rings is 1. The van der Waals surface area contributed by atoms with Gasteiger partial charge < -0.3 is 10.3 Å². The van der Waals surface area contributed by atoms with Gasteiger partial charge in [0.2, 0.25) is 0 Å². The third kappa shape index (κ3) is 2.96. The van der Waals surface area contributed by atoms with Crippen molar-refractivity contribution in [2.75, 3.05) is 5.32 Å². The minimum absolute atomic E-state index is 0.00426. The molecule has 0 aliphatic carbocycles. The molecule has 2 rings (SSSR count). The van der Waals surface area contributed by atoms with E-state index in [1.54, 1.807) is 12.1 Å². The second-order valence-electron chi connectivity index (χ2n) is 4.27. The number of amides is 1. The number of aryl methyl sites for hydroxylation is 1. The van der Waals surface area contributed by atoms with Crippen LogP contribution in [0.2, 0.25) is 0 Å². The summed E-state index contributed by atoms with van der Waals surface area (Å²) in [6.45, 7) is 3.43. The van der Waals surface area contributed by atoms with Crippen LogP contribution in [0.1, 0.15) is 35.3 Å². The molecule has 0 bridgehead atoms. The number of nitrogens with zero attached hydrogens (tertiary/aromatic N) is 4. The molecule has 0 fully saturated rings. The van der Waals surface area contributed by atoms with Crippen molar-refractivity contribution in [1.29, 1.82) is 0 Å². The molecule has 0 spiro atoms. The molecule has 1 heterocycles. The van der Waals surface area contributed by atoms with E-state index in [0.29, 0.717) is 6.42 Å². The molecule has 21 heavy (non-hydrogen) atoms. The van der Waals surface area contributed by atoms with E-state index in [4.69, 9.17) is 5.21 Å². The average Bonchev–Trinajstić information content (AvgIpc) is 2.99. The average molecular weight is 290 g/mol. The van der Waals surface area contributed by atoms with Crippen molar-refractivity contribution in [3.05, 3.63) is 28.8 Å². The summed E-state index contributed by atoms with van der Waals surface area (Å²) < 4.78 is 0. The fourth-order valence-corrected chi connectivity index (χ4v) is 1.78. The van der Waals surface area contributed by atoms with Gasteiger partial charge in [0.25, 0.3) is 11.9 Å². The molecule has 1 amide bonds. The van der Waals surface area contributed by atoms with Gasteiger partial charge in [-0.2, -0.15) is 5.21 Å². The Balaban J connectivity index is 2.44. The molecule has 1 aromatic heterocycles. The van der Waals surface area contributed by atoms with Gasteiger partial charge in [-0.3, -0.25) is 10.1 Å². The number of aromatic nitrogens is 4. The van der Waals surface area contributed by atoms with Crippen molar-refractivity contribution in [2.45, 2.75) is 20.3 Å². The Morgan fingerprint density at radius 1 is 1.43 bits per heavy atom. The van der Waals surface area contributed by atoms with E-state index >= 15 is 0 Å². The number of carbonyl (C=O) groups is 1. The maximum atomic E-state index is 12.2. The van der Waals surface area contributed by atoms with E-state index in [2.05, 4.69) is 31.1 Å². The monoisotopic (exact) mass is 290 g/mol. The summed E-state index contributed by atoms with van der Waals surface area (Å²) in [7, 11) is 0. The van der Waals surface area contributed by atoms with Crippen LogP contribution < -0.4 is 5.32 Å². The highest BCUT2D eigenvalue weighted by molar-refractivity contribution is 6.09. The van der Waals surface area contributed by atoms with Crippen LogP contribution in [0.5, 0.6) is 5.75 Å². The van der Waals surface area contributed by atoms with E-state index in [1.165, 1.54) is 6.92 Å². The first kappa shape index (κ1) is 14.4. The Morgan fingerprint density at radius 3 is 2.71 bits per heavy atom. The number of aromatic amines is 1. The number of hydrogen-bond donors (Lipinski definition) is 4. The summed E-state index contributed by atoms with van der Waals surface area (Å²) in [5.41, 5.74) is 1.34. The molecule has 110 valence electrons. The molecule has 4 N–H and O–H groups in total. The molecule has 0 saturated carbocycles. The highest BCUT2D eigenvalue weighted by Gasteiger charge is 2.19. The molecule has 0 atom stereocenters. The van der Waals surface area contributed by atoms with E-state index in [0.717, 1.165) is 5.56 Å². The molecule has 9 nitrogen and oxygen atoms in total. The van der Waals surface area contributed by atoms with Crippen LogP contribution in [0.3, 0.4) is 0 Å². The largest absolute Gasteiger partial charge is 0.506 e. The molecule has 0 aliphatic heterocycles. The fraction of sp³-hybridized carbons (Fsp3) is 0.250.